The Morgan fingerprint density at radius 3 is 2.62 bits per heavy atom. The van der Waals surface area contributed by atoms with Crippen molar-refractivity contribution in [1.29, 1.82) is 0 Å². The predicted molar refractivity (Wildman–Crippen MR) is 51.7 cm³/mol. The molecule has 0 spiro atoms. The maximum atomic E-state index is 11.9. The average Bonchev–Trinajstić information content (AvgIpc) is 2.83. The first-order chi connectivity index (χ1) is 7.63. The fraction of sp³-hybridized carbons (Fsp3) is 0.600. The summed E-state index contributed by atoms with van der Waals surface area (Å²) in [6, 6.07) is -1.44. The van der Waals surface area contributed by atoms with Crippen LogP contribution >= 0.6 is 0 Å². The Bertz CT molecular complexity index is 366. The third-order valence-electron chi connectivity index (χ3n) is 2.88. The quantitative estimate of drug-likeness (QED) is 0.602. The first kappa shape index (κ1) is 10.8. The summed E-state index contributed by atoms with van der Waals surface area (Å²) >= 11 is 0. The highest BCUT2D eigenvalue weighted by molar-refractivity contribution is 6.03. The minimum absolute atomic E-state index is 0.187. The summed E-state index contributed by atoms with van der Waals surface area (Å²) in [6.45, 7) is 0. The smallest absolute Gasteiger partial charge is 0.252 e. The van der Waals surface area contributed by atoms with Gasteiger partial charge in [-0.2, -0.15) is 0 Å². The number of hydrogen-bond donors (Lipinski definition) is 1. The van der Waals surface area contributed by atoms with E-state index >= 15 is 0 Å². The Hall–Kier alpha value is -1.72. The first-order valence-corrected chi connectivity index (χ1v) is 5.16. The molecule has 2 aliphatic rings. The van der Waals surface area contributed by atoms with Gasteiger partial charge < -0.3 is 5.32 Å². The second-order valence-corrected chi connectivity index (χ2v) is 3.93. The van der Waals surface area contributed by atoms with E-state index in [9.17, 15) is 19.2 Å². The summed E-state index contributed by atoms with van der Waals surface area (Å²) in [4.78, 5) is 45.8. The van der Waals surface area contributed by atoms with E-state index < -0.39 is 18.0 Å². The van der Waals surface area contributed by atoms with E-state index in [0.29, 0.717) is 12.8 Å². The van der Waals surface area contributed by atoms with Crippen molar-refractivity contribution in [1.82, 2.24) is 10.2 Å². The SMILES string of the molecule is O=[C][C@@H]1CCC(=O)N1C(=O)[C@@H]1CCC(=O)N1. The van der Waals surface area contributed by atoms with Crippen LogP contribution in [0.2, 0.25) is 0 Å². The molecule has 0 aliphatic carbocycles. The molecule has 0 unspecified atom stereocenters. The van der Waals surface area contributed by atoms with Crippen LogP contribution in [0.3, 0.4) is 0 Å². The van der Waals surface area contributed by atoms with Crippen molar-refractivity contribution in [2.75, 3.05) is 0 Å². The number of likely N-dealkylation sites (tertiary alicyclic amines) is 1. The van der Waals surface area contributed by atoms with Gasteiger partial charge in [-0.25, -0.2) is 0 Å². The minimum atomic E-state index is -0.780. The molecule has 2 heterocycles. The first-order valence-electron chi connectivity index (χ1n) is 5.16. The Labute approximate surface area is 92.0 Å². The Morgan fingerprint density at radius 2 is 2.06 bits per heavy atom. The third kappa shape index (κ3) is 1.70. The van der Waals surface area contributed by atoms with Crippen molar-refractivity contribution in [3.05, 3.63) is 0 Å². The van der Waals surface area contributed by atoms with Gasteiger partial charge in [0.25, 0.3) is 5.91 Å². The molecule has 2 saturated heterocycles. The summed E-state index contributed by atoms with van der Waals surface area (Å²) in [5.41, 5.74) is 0. The fourth-order valence-electron chi connectivity index (χ4n) is 2.04. The third-order valence-corrected chi connectivity index (χ3v) is 2.88. The molecule has 0 aromatic heterocycles. The Balaban J connectivity index is 2.11. The number of amides is 3. The molecule has 2 fully saturated rings. The van der Waals surface area contributed by atoms with Gasteiger partial charge in [-0.1, -0.05) is 0 Å². The second kappa shape index (κ2) is 4.03. The Morgan fingerprint density at radius 1 is 1.31 bits per heavy atom. The molecule has 0 bridgehead atoms. The normalized spacial score (nSPS) is 29.4. The summed E-state index contributed by atoms with van der Waals surface area (Å²) in [6.07, 6.45) is 2.86. The van der Waals surface area contributed by atoms with E-state index in [1.165, 1.54) is 0 Å². The summed E-state index contributed by atoms with van der Waals surface area (Å²) in [7, 11) is 0. The summed E-state index contributed by atoms with van der Waals surface area (Å²) in [5, 5.41) is 2.48. The van der Waals surface area contributed by atoms with E-state index in [1.807, 2.05) is 0 Å². The van der Waals surface area contributed by atoms with E-state index in [0.717, 1.165) is 4.90 Å². The van der Waals surface area contributed by atoms with Crippen LogP contribution in [0.1, 0.15) is 25.7 Å². The van der Waals surface area contributed by atoms with Crippen LogP contribution in [-0.4, -0.2) is 41.0 Å². The van der Waals surface area contributed by atoms with Crippen LogP contribution in [0.5, 0.6) is 0 Å². The number of rotatable bonds is 2. The zero-order valence-electron chi connectivity index (χ0n) is 8.56. The van der Waals surface area contributed by atoms with Gasteiger partial charge in [-0.05, 0) is 12.8 Å². The van der Waals surface area contributed by atoms with Gasteiger partial charge in [0.1, 0.15) is 12.1 Å². The molecule has 2 rings (SSSR count). The highest BCUT2D eigenvalue weighted by atomic mass is 16.2. The average molecular weight is 223 g/mol. The topological polar surface area (TPSA) is 83.6 Å². The highest BCUT2D eigenvalue weighted by Crippen LogP contribution is 2.20. The van der Waals surface area contributed by atoms with Gasteiger partial charge in [0, 0.05) is 12.8 Å². The Kier molecular flexibility index (Phi) is 2.72. The van der Waals surface area contributed by atoms with Crippen LogP contribution in [0, 0.1) is 0 Å². The summed E-state index contributed by atoms with van der Waals surface area (Å²) < 4.78 is 0. The highest BCUT2D eigenvalue weighted by Gasteiger charge is 2.41. The number of nitrogens with one attached hydrogen (secondary N) is 1. The molecule has 3 amide bonds. The van der Waals surface area contributed by atoms with Gasteiger partial charge in [-0.3, -0.25) is 24.1 Å². The summed E-state index contributed by atoms with van der Waals surface area (Å²) in [5.74, 6) is -1.04. The van der Waals surface area contributed by atoms with Crippen molar-refractivity contribution in [3.63, 3.8) is 0 Å². The molecular weight excluding hydrogens is 212 g/mol. The van der Waals surface area contributed by atoms with Crippen molar-refractivity contribution in [2.45, 2.75) is 37.8 Å². The number of imide groups is 1. The van der Waals surface area contributed by atoms with E-state index in [1.54, 1.807) is 6.29 Å². The molecule has 6 heteroatoms. The lowest BCUT2D eigenvalue weighted by atomic mass is 10.2. The van der Waals surface area contributed by atoms with Crippen LogP contribution in [0.25, 0.3) is 0 Å². The molecule has 1 radical (unpaired) electrons. The molecule has 0 aromatic rings. The van der Waals surface area contributed by atoms with E-state index in [4.69, 9.17) is 0 Å². The van der Waals surface area contributed by atoms with E-state index in [-0.39, 0.29) is 24.7 Å². The van der Waals surface area contributed by atoms with Gasteiger partial charge >= 0.3 is 0 Å². The molecule has 85 valence electrons. The van der Waals surface area contributed by atoms with Gasteiger partial charge in [-0.15, -0.1) is 0 Å². The molecule has 0 aromatic carbocycles. The molecule has 2 atom stereocenters. The van der Waals surface area contributed by atoms with Gasteiger partial charge in [0.15, 0.2) is 0 Å². The van der Waals surface area contributed by atoms with Crippen LogP contribution in [-0.2, 0) is 19.2 Å². The van der Waals surface area contributed by atoms with Crippen molar-refractivity contribution in [3.8, 4) is 0 Å². The maximum Gasteiger partial charge on any atom is 0.252 e. The molecular formula is C10H11N2O4. The van der Waals surface area contributed by atoms with Crippen LogP contribution < -0.4 is 5.32 Å². The lowest BCUT2D eigenvalue weighted by molar-refractivity contribution is -0.144. The predicted octanol–water partition coefficient (Wildman–Crippen LogP) is -1.11. The lowest BCUT2D eigenvalue weighted by Gasteiger charge is -2.21. The van der Waals surface area contributed by atoms with Crippen molar-refractivity contribution in [2.24, 2.45) is 0 Å². The standard InChI is InChI=1S/C10H11N2O4/c13-5-6-1-4-9(15)12(6)10(16)7-2-3-8(14)11-7/h6-7H,1-4H2,(H,11,14)/t6-,7-/m0/s1. The van der Waals surface area contributed by atoms with Crippen LogP contribution in [0.15, 0.2) is 0 Å². The van der Waals surface area contributed by atoms with Crippen LogP contribution in [0.4, 0.5) is 0 Å². The molecule has 0 saturated carbocycles. The lowest BCUT2D eigenvalue weighted by Crippen LogP contribution is -2.48. The monoisotopic (exact) mass is 223 g/mol. The van der Waals surface area contributed by atoms with Gasteiger partial charge in [0.2, 0.25) is 18.1 Å². The number of carbonyl (C=O) groups is 3. The van der Waals surface area contributed by atoms with Gasteiger partial charge in [0.05, 0.1) is 0 Å². The number of nitrogens with zero attached hydrogens (tertiary/aromatic N) is 1. The second-order valence-electron chi connectivity index (χ2n) is 3.93. The molecule has 16 heavy (non-hydrogen) atoms. The minimum Gasteiger partial charge on any atom is -0.344 e. The maximum absolute atomic E-state index is 11.9. The number of hydrogen-bond acceptors (Lipinski definition) is 4. The molecule has 6 nitrogen and oxygen atoms in total. The van der Waals surface area contributed by atoms with Crippen molar-refractivity contribution >= 4 is 24.0 Å². The molecule has 1 N–H and O–H groups in total. The zero-order chi connectivity index (χ0) is 11.7. The largest absolute Gasteiger partial charge is 0.344 e. The molecule has 2 aliphatic heterocycles. The fourth-order valence-corrected chi connectivity index (χ4v) is 2.04. The van der Waals surface area contributed by atoms with E-state index in [2.05, 4.69) is 5.32 Å². The van der Waals surface area contributed by atoms with Crippen molar-refractivity contribution < 1.29 is 19.2 Å². The number of carbonyl (C=O) groups excluding carboxylic acids is 4. The zero-order valence-corrected chi connectivity index (χ0v) is 8.56.